The van der Waals surface area contributed by atoms with Gasteiger partial charge in [0.1, 0.15) is 17.7 Å². The van der Waals surface area contributed by atoms with E-state index in [1.165, 1.54) is 12.5 Å². The summed E-state index contributed by atoms with van der Waals surface area (Å²) in [4.78, 5) is 15.1. The number of rotatable bonds is 6. The molecule has 2 heterocycles. The molecule has 0 aliphatic carbocycles. The molecule has 7 heteroatoms. The zero-order valence-corrected chi connectivity index (χ0v) is 18.0. The molecule has 6 nitrogen and oxygen atoms in total. The van der Waals surface area contributed by atoms with Crippen LogP contribution in [0.3, 0.4) is 0 Å². The summed E-state index contributed by atoms with van der Waals surface area (Å²) < 4.78 is 16.8. The first-order valence-corrected chi connectivity index (χ1v) is 10.9. The molecule has 31 heavy (non-hydrogen) atoms. The summed E-state index contributed by atoms with van der Waals surface area (Å²) in [7, 11) is 1.88. The molecule has 0 spiro atoms. The zero-order valence-electron chi connectivity index (χ0n) is 18.0. The van der Waals surface area contributed by atoms with Crippen LogP contribution in [0.4, 0.5) is 10.1 Å². The maximum Gasteiger partial charge on any atom is 0.246 e. The topological polar surface area (TPSA) is 63.1 Å². The molecule has 3 aromatic rings. The van der Waals surface area contributed by atoms with Crippen LogP contribution in [-0.4, -0.2) is 39.2 Å². The average molecular weight is 422 g/mol. The van der Waals surface area contributed by atoms with Crippen LogP contribution < -0.4 is 5.32 Å². The number of fused-ring (bicyclic) bond motifs is 1. The van der Waals surface area contributed by atoms with Crippen molar-refractivity contribution in [2.45, 2.75) is 45.2 Å². The Bertz CT molecular complexity index is 1050. The van der Waals surface area contributed by atoms with Gasteiger partial charge in [0.2, 0.25) is 5.91 Å². The fraction of sp³-hybridized carbons (Fsp3) is 0.375. The third kappa shape index (κ3) is 4.51. The van der Waals surface area contributed by atoms with Crippen LogP contribution in [0.5, 0.6) is 0 Å². The largest absolute Gasteiger partial charge is 0.322 e. The molecule has 1 aliphatic rings. The lowest BCUT2D eigenvalue weighted by atomic mass is 10.0. The Balaban J connectivity index is 1.63. The van der Waals surface area contributed by atoms with E-state index in [4.69, 9.17) is 0 Å². The maximum absolute atomic E-state index is 14.7. The standard InChI is InChI=1S/C24H28FN5O/c1-3-29(2)22(17-10-6-4-7-11-17)24(31)26-20-16-18(13-14-19(20)25)23-28-27-21-12-8-5-9-15-30(21)23/h4,6-7,10-11,13-14,16,22H,3,5,8-9,12,15H2,1-2H3,(H,26,31). The van der Waals surface area contributed by atoms with Crippen LogP contribution in [0.25, 0.3) is 11.4 Å². The number of aryl methyl sites for hydroxylation is 1. The number of nitrogens with one attached hydrogen (secondary N) is 1. The van der Waals surface area contributed by atoms with Crippen molar-refractivity contribution in [1.82, 2.24) is 19.7 Å². The molecule has 1 amide bonds. The molecule has 0 fully saturated rings. The van der Waals surface area contributed by atoms with Crippen LogP contribution in [0.1, 0.15) is 43.6 Å². The van der Waals surface area contributed by atoms with Crippen molar-refractivity contribution in [1.29, 1.82) is 0 Å². The van der Waals surface area contributed by atoms with Gasteiger partial charge in [-0.25, -0.2) is 4.39 Å². The van der Waals surface area contributed by atoms with Gasteiger partial charge in [-0.2, -0.15) is 0 Å². The molecule has 0 saturated carbocycles. The third-order valence-corrected chi connectivity index (χ3v) is 5.90. The second-order valence-electron chi connectivity index (χ2n) is 7.97. The lowest BCUT2D eigenvalue weighted by Crippen LogP contribution is -2.34. The van der Waals surface area contributed by atoms with Gasteiger partial charge in [-0.1, -0.05) is 43.7 Å². The second-order valence-corrected chi connectivity index (χ2v) is 7.97. The van der Waals surface area contributed by atoms with Crippen molar-refractivity contribution in [2.24, 2.45) is 0 Å². The average Bonchev–Trinajstić information content (AvgIpc) is 3.04. The SMILES string of the molecule is CCN(C)C(C(=O)Nc1cc(-c2nnc3n2CCCCC3)ccc1F)c1ccccc1. The minimum Gasteiger partial charge on any atom is -0.322 e. The van der Waals surface area contributed by atoms with Crippen LogP contribution in [0.15, 0.2) is 48.5 Å². The molecule has 0 saturated heterocycles. The lowest BCUT2D eigenvalue weighted by Gasteiger charge is -2.26. The van der Waals surface area contributed by atoms with Crippen LogP contribution in [0, 0.1) is 5.82 Å². The van der Waals surface area contributed by atoms with Crippen molar-refractivity contribution in [2.75, 3.05) is 18.9 Å². The number of anilines is 1. The molecule has 162 valence electrons. The molecule has 4 rings (SSSR count). The van der Waals surface area contributed by atoms with E-state index in [1.54, 1.807) is 12.1 Å². The van der Waals surface area contributed by atoms with E-state index in [2.05, 4.69) is 20.1 Å². The van der Waals surface area contributed by atoms with Crippen LogP contribution in [-0.2, 0) is 17.8 Å². The summed E-state index contributed by atoms with van der Waals surface area (Å²) in [5.74, 6) is 0.944. The number of hydrogen-bond donors (Lipinski definition) is 1. The first-order valence-electron chi connectivity index (χ1n) is 10.9. The van der Waals surface area contributed by atoms with Crippen molar-refractivity contribution in [3.05, 3.63) is 65.7 Å². The monoisotopic (exact) mass is 421 g/mol. The minimum absolute atomic E-state index is 0.152. The van der Waals surface area contributed by atoms with Crippen molar-refractivity contribution in [3.8, 4) is 11.4 Å². The molecule has 1 aromatic heterocycles. The van der Waals surface area contributed by atoms with E-state index in [0.29, 0.717) is 6.54 Å². The Morgan fingerprint density at radius 2 is 1.97 bits per heavy atom. The predicted octanol–water partition coefficient (Wildman–Crippen LogP) is 4.44. The Morgan fingerprint density at radius 1 is 1.16 bits per heavy atom. The summed E-state index contributed by atoms with van der Waals surface area (Å²) in [6.45, 7) is 3.52. The molecule has 1 unspecified atom stereocenters. The maximum atomic E-state index is 14.7. The summed E-state index contributed by atoms with van der Waals surface area (Å²) in [5.41, 5.74) is 1.76. The minimum atomic E-state index is -0.515. The Labute approximate surface area is 182 Å². The molecular formula is C24H28FN5O. The number of likely N-dealkylation sites (N-methyl/N-ethyl adjacent to an activating group) is 1. The number of amides is 1. The number of aromatic nitrogens is 3. The normalized spacial score (nSPS) is 14.7. The number of benzene rings is 2. The van der Waals surface area contributed by atoms with Gasteiger partial charge in [-0.15, -0.1) is 10.2 Å². The van der Waals surface area contributed by atoms with Crippen molar-refractivity contribution >= 4 is 11.6 Å². The Hall–Kier alpha value is -3.06. The molecule has 1 N–H and O–H groups in total. The number of carbonyl (C=O) groups excluding carboxylic acids is 1. The fourth-order valence-corrected chi connectivity index (χ4v) is 4.08. The van der Waals surface area contributed by atoms with E-state index in [-0.39, 0.29) is 11.6 Å². The predicted molar refractivity (Wildman–Crippen MR) is 119 cm³/mol. The smallest absolute Gasteiger partial charge is 0.246 e. The van der Waals surface area contributed by atoms with Crippen molar-refractivity contribution in [3.63, 3.8) is 0 Å². The first kappa shape index (κ1) is 21.2. The molecule has 0 bridgehead atoms. The van der Waals surface area contributed by atoms with Gasteiger partial charge in [-0.3, -0.25) is 9.69 Å². The van der Waals surface area contributed by atoms with Gasteiger partial charge in [-0.05, 0) is 50.2 Å². The number of halogens is 1. The lowest BCUT2D eigenvalue weighted by molar-refractivity contribution is -0.121. The number of carbonyl (C=O) groups is 1. The first-order chi connectivity index (χ1) is 15.1. The molecule has 0 radical (unpaired) electrons. The quantitative estimate of drug-likeness (QED) is 0.639. The molecular weight excluding hydrogens is 393 g/mol. The molecule has 1 aliphatic heterocycles. The second kappa shape index (κ2) is 9.39. The highest BCUT2D eigenvalue weighted by Gasteiger charge is 2.25. The van der Waals surface area contributed by atoms with E-state index >= 15 is 0 Å². The fourth-order valence-electron chi connectivity index (χ4n) is 4.08. The Morgan fingerprint density at radius 3 is 2.74 bits per heavy atom. The molecule has 2 aromatic carbocycles. The highest BCUT2D eigenvalue weighted by Crippen LogP contribution is 2.28. The van der Waals surface area contributed by atoms with Gasteiger partial charge in [0.15, 0.2) is 5.82 Å². The van der Waals surface area contributed by atoms with E-state index in [1.807, 2.05) is 49.2 Å². The van der Waals surface area contributed by atoms with Gasteiger partial charge >= 0.3 is 0 Å². The summed E-state index contributed by atoms with van der Waals surface area (Å²) >= 11 is 0. The van der Waals surface area contributed by atoms with E-state index in [9.17, 15) is 9.18 Å². The zero-order chi connectivity index (χ0) is 21.8. The van der Waals surface area contributed by atoms with E-state index < -0.39 is 11.9 Å². The Kier molecular flexibility index (Phi) is 6.42. The third-order valence-electron chi connectivity index (χ3n) is 5.90. The molecule has 1 atom stereocenters. The van der Waals surface area contributed by atoms with E-state index in [0.717, 1.165) is 48.6 Å². The highest BCUT2D eigenvalue weighted by atomic mass is 19.1. The van der Waals surface area contributed by atoms with Crippen LogP contribution in [0.2, 0.25) is 0 Å². The van der Waals surface area contributed by atoms with Gasteiger partial charge in [0.05, 0.1) is 5.69 Å². The summed E-state index contributed by atoms with van der Waals surface area (Å²) in [6.07, 6.45) is 4.25. The van der Waals surface area contributed by atoms with Crippen molar-refractivity contribution < 1.29 is 9.18 Å². The number of hydrogen-bond acceptors (Lipinski definition) is 4. The number of nitrogens with zero attached hydrogens (tertiary/aromatic N) is 4. The summed E-state index contributed by atoms with van der Waals surface area (Å²) in [6, 6.07) is 13.7. The van der Waals surface area contributed by atoms with Gasteiger partial charge in [0, 0.05) is 18.5 Å². The van der Waals surface area contributed by atoms with Gasteiger partial charge < -0.3 is 9.88 Å². The van der Waals surface area contributed by atoms with Gasteiger partial charge in [0.25, 0.3) is 0 Å². The highest BCUT2D eigenvalue weighted by molar-refractivity contribution is 5.96. The van der Waals surface area contributed by atoms with Crippen LogP contribution >= 0.6 is 0 Å². The summed E-state index contributed by atoms with van der Waals surface area (Å²) in [5, 5.41) is 11.5.